The molecule has 2 aromatic carbocycles. The molecule has 2 aromatic heterocycles. The van der Waals surface area contributed by atoms with Gasteiger partial charge in [0.25, 0.3) is 0 Å². The van der Waals surface area contributed by atoms with E-state index in [-0.39, 0.29) is 0 Å². The van der Waals surface area contributed by atoms with Gasteiger partial charge in [0.15, 0.2) is 0 Å². The normalized spacial score (nSPS) is 20.8. The highest BCUT2D eigenvalue weighted by Gasteiger charge is 2.33. The van der Waals surface area contributed by atoms with Crippen LogP contribution in [0, 0.1) is 0 Å². The van der Waals surface area contributed by atoms with Gasteiger partial charge in [-0.25, -0.2) is 4.98 Å². The van der Waals surface area contributed by atoms with Crippen LogP contribution in [0.15, 0.2) is 48.5 Å². The van der Waals surface area contributed by atoms with Crippen LogP contribution in [0.2, 0.25) is 0 Å². The molecule has 2 N–H and O–H groups in total. The molecule has 1 unspecified atom stereocenters. The summed E-state index contributed by atoms with van der Waals surface area (Å²) in [5, 5.41) is 1.40. The summed E-state index contributed by atoms with van der Waals surface area (Å²) in [6.45, 7) is 5.28. The summed E-state index contributed by atoms with van der Waals surface area (Å²) in [6, 6.07) is 17.6. The second-order valence-electron chi connectivity index (χ2n) is 7.89. The van der Waals surface area contributed by atoms with Crippen molar-refractivity contribution < 1.29 is 0 Å². The molecule has 4 heterocycles. The molecule has 0 aliphatic carbocycles. The van der Waals surface area contributed by atoms with Crippen molar-refractivity contribution in [1.29, 1.82) is 0 Å². The maximum atomic E-state index is 4.76. The molecule has 2 aliphatic heterocycles. The molecule has 136 valence electrons. The fourth-order valence-corrected chi connectivity index (χ4v) is 4.86. The van der Waals surface area contributed by atoms with Crippen LogP contribution in [0.1, 0.15) is 17.1 Å². The Bertz CT molecular complexity index is 1090. The minimum absolute atomic E-state index is 0.592. The zero-order valence-electron chi connectivity index (χ0n) is 15.3. The molecule has 4 aromatic rings. The minimum Gasteiger partial charge on any atom is -0.357 e. The van der Waals surface area contributed by atoms with Crippen LogP contribution in [0.5, 0.6) is 0 Å². The second-order valence-corrected chi connectivity index (χ2v) is 7.89. The van der Waals surface area contributed by atoms with Crippen LogP contribution in [-0.4, -0.2) is 50.4 Å². The molecule has 0 spiro atoms. The van der Waals surface area contributed by atoms with Crippen LogP contribution in [0.25, 0.3) is 21.9 Å². The Labute approximate surface area is 158 Å². The largest absolute Gasteiger partial charge is 0.357 e. The zero-order valence-corrected chi connectivity index (χ0v) is 15.3. The van der Waals surface area contributed by atoms with Crippen molar-refractivity contribution in [3.05, 3.63) is 65.6 Å². The van der Waals surface area contributed by atoms with E-state index in [1.54, 1.807) is 0 Å². The summed E-state index contributed by atoms with van der Waals surface area (Å²) in [5.41, 5.74) is 6.41. The molecular formula is C22H23N5. The van der Waals surface area contributed by atoms with E-state index < -0.39 is 0 Å². The summed E-state index contributed by atoms with van der Waals surface area (Å²) >= 11 is 0. The Balaban J connectivity index is 1.23. The maximum absolute atomic E-state index is 4.76. The molecule has 6 rings (SSSR count). The average Bonchev–Trinajstić information content (AvgIpc) is 3.26. The van der Waals surface area contributed by atoms with Gasteiger partial charge in [0.1, 0.15) is 5.82 Å². The van der Waals surface area contributed by atoms with E-state index in [0.29, 0.717) is 6.04 Å². The van der Waals surface area contributed by atoms with Gasteiger partial charge in [-0.2, -0.15) is 0 Å². The number of nitrogens with one attached hydrogen (secondary N) is 2. The first-order chi connectivity index (χ1) is 13.3. The molecule has 1 atom stereocenters. The summed E-state index contributed by atoms with van der Waals surface area (Å²) in [4.78, 5) is 17.1. The monoisotopic (exact) mass is 357 g/mol. The summed E-state index contributed by atoms with van der Waals surface area (Å²) < 4.78 is 0. The minimum atomic E-state index is 0.592. The van der Waals surface area contributed by atoms with Crippen LogP contribution < -0.4 is 0 Å². The SMILES string of the molecule is c1ccc2[nH]c(CN3CCN4Cc5[nH]c6ccccc6c5CC4C3)nc2c1. The lowest BCUT2D eigenvalue weighted by atomic mass is 9.95. The van der Waals surface area contributed by atoms with Gasteiger partial charge in [-0.05, 0) is 30.2 Å². The predicted molar refractivity (Wildman–Crippen MR) is 108 cm³/mol. The number of hydrogen-bond donors (Lipinski definition) is 2. The Morgan fingerprint density at radius 3 is 2.74 bits per heavy atom. The zero-order chi connectivity index (χ0) is 17.8. The van der Waals surface area contributed by atoms with Crippen LogP contribution in [0.4, 0.5) is 0 Å². The number of rotatable bonds is 2. The van der Waals surface area contributed by atoms with Gasteiger partial charge in [-0.3, -0.25) is 9.80 Å². The van der Waals surface area contributed by atoms with Crippen molar-refractivity contribution in [1.82, 2.24) is 24.8 Å². The molecule has 0 saturated carbocycles. The molecule has 1 fully saturated rings. The van der Waals surface area contributed by atoms with Gasteiger partial charge in [-0.1, -0.05) is 30.3 Å². The number of piperazine rings is 1. The third-order valence-electron chi connectivity index (χ3n) is 6.20. The lowest BCUT2D eigenvalue weighted by Gasteiger charge is -2.43. The lowest BCUT2D eigenvalue weighted by molar-refractivity contribution is 0.0549. The molecule has 1 saturated heterocycles. The molecular weight excluding hydrogens is 334 g/mol. The Morgan fingerprint density at radius 1 is 0.963 bits per heavy atom. The summed E-state index contributed by atoms with van der Waals surface area (Å²) in [7, 11) is 0. The van der Waals surface area contributed by atoms with Gasteiger partial charge < -0.3 is 9.97 Å². The molecule has 0 radical (unpaired) electrons. The lowest BCUT2D eigenvalue weighted by Crippen LogP contribution is -2.54. The van der Waals surface area contributed by atoms with Crippen molar-refractivity contribution in [2.24, 2.45) is 0 Å². The third-order valence-corrected chi connectivity index (χ3v) is 6.20. The average molecular weight is 357 g/mol. The standard InChI is InChI=1S/C22H23N5/c1-2-6-18-16(5-1)17-11-15-12-26(9-10-27(15)13-21(17)23-18)14-22-24-19-7-3-4-8-20(19)25-22/h1-8,15,23H,9-14H2,(H,24,25). The fraction of sp³-hybridized carbons (Fsp3) is 0.318. The number of aromatic amines is 2. The topological polar surface area (TPSA) is 51.0 Å². The molecule has 27 heavy (non-hydrogen) atoms. The summed E-state index contributed by atoms with van der Waals surface area (Å²) in [5.74, 6) is 1.08. The van der Waals surface area contributed by atoms with Crippen LogP contribution in [0.3, 0.4) is 0 Å². The van der Waals surface area contributed by atoms with Gasteiger partial charge in [0, 0.05) is 48.8 Å². The van der Waals surface area contributed by atoms with Crippen LogP contribution in [-0.2, 0) is 19.5 Å². The van der Waals surface area contributed by atoms with Gasteiger partial charge in [0.2, 0.25) is 0 Å². The van der Waals surface area contributed by atoms with E-state index in [0.717, 1.165) is 56.0 Å². The quantitative estimate of drug-likeness (QED) is 0.579. The Morgan fingerprint density at radius 2 is 1.81 bits per heavy atom. The molecule has 2 aliphatic rings. The number of para-hydroxylation sites is 3. The van der Waals surface area contributed by atoms with E-state index in [2.05, 4.69) is 62.2 Å². The number of imidazole rings is 1. The highest BCUT2D eigenvalue weighted by Crippen LogP contribution is 2.31. The van der Waals surface area contributed by atoms with E-state index in [4.69, 9.17) is 4.98 Å². The smallest absolute Gasteiger partial charge is 0.121 e. The Kier molecular flexibility index (Phi) is 3.39. The third kappa shape index (κ3) is 2.58. The first kappa shape index (κ1) is 15.4. The van der Waals surface area contributed by atoms with Crippen LogP contribution >= 0.6 is 0 Å². The molecule has 0 amide bonds. The van der Waals surface area contributed by atoms with Crippen molar-refractivity contribution in [3.63, 3.8) is 0 Å². The number of nitrogens with zero attached hydrogens (tertiary/aromatic N) is 3. The van der Waals surface area contributed by atoms with Crippen molar-refractivity contribution in [2.45, 2.75) is 25.6 Å². The van der Waals surface area contributed by atoms with E-state index in [1.165, 1.54) is 22.2 Å². The number of fused-ring (bicyclic) bond motifs is 5. The van der Waals surface area contributed by atoms with Gasteiger partial charge >= 0.3 is 0 Å². The maximum Gasteiger partial charge on any atom is 0.121 e. The van der Waals surface area contributed by atoms with E-state index in [1.807, 2.05) is 6.07 Å². The first-order valence-corrected chi connectivity index (χ1v) is 9.82. The van der Waals surface area contributed by atoms with E-state index in [9.17, 15) is 0 Å². The van der Waals surface area contributed by atoms with Gasteiger partial charge in [-0.15, -0.1) is 0 Å². The van der Waals surface area contributed by atoms with Crippen molar-refractivity contribution in [3.8, 4) is 0 Å². The second kappa shape index (κ2) is 5.94. The number of aromatic nitrogens is 3. The van der Waals surface area contributed by atoms with Crippen molar-refractivity contribution >= 4 is 21.9 Å². The van der Waals surface area contributed by atoms with E-state index >= 15 is 0 Å². The van der Waals surface area contributed by atoms with Crippen molar-refractivity contribution in [2.75, 3.05) is 19.6 Å². The predicted octanol–water partition coefficient (Wildman–Crippen LogP) is 3.29. The molecule has 0 bridgehead atoms. The highest BCUT2D eigenvalue weighted by molar-refractivity contribution is 5.85. The fourth-order valence-electron chi connectivity index (χ4n) is 4.86. The molecule has 5 heteroatoms. The number of H-pyrrole nitrogens is 2. The summed E-state index contributed by atoms with van der Waals surface area (Å²) in [6.07, 6.45) is 1.13. The Hall–Kier alpha value is -2.63. The highest BCUT2D eigenvalue weighted by atomic mass is 15.3. The number of benzene rings is 2. The first-order valence-electron chi connectivity index (χ1n) is 9.82. The number of hydrogen-bond acceptors (Lipinski definition) is 3. The van der Waals surface area contributed by atoms with Gasteiger partial charge in [0.05, 0.1) is 17.6 Å². The molecule has 5 nitrogen and oxygen atoms in total.